The Hall–Kier alpha value is -1.58. The fraction of sp³-hybridized carbons (Fsp3) is 0.143. The molecule has 0 spiro atoms. The number of primary sulfonamides is 1. The van der Waals surface area contributed by atoms with Crippen molar-refractivity contribution in [3.05, 3.63) is 58.1 Å². The summed E-state index contributed by atoms with van der Waals surface area (Å²) < 4.78 is 62.6. The summed E-state index contributed by atoms with van der Waals surface area (Å²) in [5, 5.41) is 7.54. The second-order valence-corrected chi connectivity index (χ2v) is 7.21. The van der Waals surface area contributed by atoms with Crippen molar-refractivity contribution < 1.29 is 21.6 Å². The molecule has 0 aliphatic carbocycles. The molecule has 0 aliphatic rings. The lowest BCUT2D eigenvalue weighted by molar-refractivity contribution is -0.137. The van der Waals surface area contributed by atoms with E-state index in [1.807, 2.05) is 0 Å². The largest absolute Gasteiger partial charge is 0.418 e. The third-order valence-electron chi connectivity index (χ3n) is 3.02. The van der Waals surface area contributed by atoms with Crippen LogP contribution in [0.25, 0.3) is 0 Å². The second kappa shape index (κ2) is 6.50. The summed E-state index contributed by atoms with van der Waals surface area (Å²) >= 11 is 3.27. The molecule has 0 aromatic heterocycles. The van der Waals surface area contributed by atoms with Crippen molar-refractivity contribution in [3.63, 3.8) is 0 Å². The van der Waals surface area contributed by atoms with E-state index in [9.17, 15) is 21.6 Å². The summed E-state index contributed by atoms with van der Waals surface area (Å²) in [5.41, 5.74) is -0.522. The van der Waals surface area contributed by atoms with Crippen molar-refractivity contribution in [1.29, 1.82) is 0 Å². The maximum atomic E-state index is 13.1. The van der Waals surface area contributed by atoms with Crippen LogP contribution in [0.3, 0.4) is 0 Å². The number of hydrogen-bond acceptors (Lipinski definition) is 3. The fourth-order valence-electron chi connectivity index (χ4n) is 1.89. The molecule has 124 valence electrons. The molecule has 0 saturated heterocycles. The molecular weight excluding hydrogens is 397 g/mol. The lowest BCUT2D eigenvalue weighted by Gasteiger charge is -2.15. The van der Waals surface area contributed by atoms with Crippen LogP contribution in [0.1, 0.15) is 11.1 Å². The van der Waals surface area contributed by atoms with Crippen LogP contribution in [0, 0.1) is 0 Å². The van der Waals surface area contributed by atoms with E-state index in [1.54, 1.807) is 24.3 Å². The van der Waals surface area contributed by atoms with Gasteiger partial charge in [0.2, 0.25) is 10.0 Å². The van der Waals surface area contributed by atoms with Gasteiger partial charge in [-0.05, 0) is 35.9 Å². The number of sulfonamides is 1. The average molecular weight is 409 g/mol. The first kappa shape index (κ1) is 17.8. The average Bonchev–Trinajstić information content (AvgIpc) is 2.44. The predicted molar refractivity (Wildman–Crippen MR) is 84.3 cm³/mol. The minimum absolute atomic E-state index is 0.158. The third kappa shape index (κ3) is 4.69. The van der Waals surface area contributed by atoms with Crippen LogP contribution in [0.5, 0.6) is 0 Å². The molecule has 2 aromatic rings. The molecule has 3 N–H and O–H groups in total. The van der Waals surface area contributed by atoms with Crippen molar-refractivity contribution in [2.75, 3.05) is 5.32 Å². The molecule has 0 amide bonds. The number of nitrogens with two attached hydrogens (primary N) is 1. The van der Waals surface area contributed by atoms with Gasteiger partial charge in [0, 0.05) is 16.7 Å². The van der Waals surface area contributed by atoms with Crippen LogP contribution in [0.2, 0.25) is 0 Å². The first-order chi connectivity index (χ1) is 10.6. The number of rotatable bonds is 4. The Morgan fingerprint density at radius 1 is 1.09 bits per heavy atom. The second-order valence-electron chi connectivity index (χ2n) is 4.73. The minimum atomic E-state index is -4.71. The highest BCUT2D eigenvalue weighted by molar-refractivity contribution is 9.10. The van der Waals surface area contributed by atoms with E-state index >= 15 is 0 Å². The number of halogens is 4. The van der Waals surface area contributed by atoms with Gasteiger partial charge in [-0.15, -0.1) is 0 Å². The van der Waals surface area contributed by atoms with Gasteiger partial charge in [-0.1, -0.05) is 28.1 Å². The molecule has 0 saturated carbocycles. The maximum absolute atomic E-state index is 13.1. The normalized spacial score (nSPS) is 12.2. The first-order valence-corrected chi connectivity index (χ1v) is 8.63. The van der Waals surface area contributed by atoms with Gasteiger partial charge in [0.15, 0.2) is 0 Å². The highest BCUT2D eigenvalue weighted by Crippen LogP contribution is 2.36. The van der Waals surface area contributed by atoms with Crippen LogP contribution in [-0.2, 0) is 22.7 Å². The molecule has 0 bridgehead atoms. The molecule has 4 nitrogen and oxygen atoms in total. The van der Waals surface area contributed by atoms with Crippen LogP contribution in [0.4, 0.5) is 18.9 Å². The molecule has 9 heteroatoms. The van der Waals surface area contributed by atoms with Crippen molar-refractivity contribution in [1.82, 2.24) is 0 Å². The predicted octanol–water partition coefficient (Wildman–Crippen LogP) is 3.73. The zero-order valence-corrected chi connectivity index (χ0v) is 14.0. The minimum Gasteiger partial charge on any atom is -0.380 e. The van der Waals surface area contributed by atoms with Gasteiger partial charge in [-0.25, -0.2) is 13.6 Å². The SMILES string of the molecule is NS(=O)(=O)c1ccc(NCc2ccc(Br)cc2)c(C(F)(F)F)c1. The van der Waals surface area contributed by atoms with E-state index in [2.05, 4.69) is 21.2 Å². The maximum Gasteiger partial charge on any atom is 0.418 e. The summed E-state index contributed by atoms with van der Waals surface area (Å²) in [6, 6.07) is 9.67. The number of hydrogen-bond donors (Lipinski definition) is 2. The van der Waals surface area contributed by atoms with E-state index in [0.717, 1.165) is 22.2 Å². The third-order valence-corrected chi connectivity index (χ3v) is 4.46. The van der Waals surface area contributed by atoms with Gasteiger partial charge >= 0.3 is 6.18 Å². The van der Waals surface area contributed by atoms with Crippen LogP contribution in [-0.4, -0.2) is 8.42 Å². The topological polar surface area (TPSA) is 72.2 Å². The van der Waals surface area contributed by atoms with E-state index in [-0.39, 0.29) is 12.2 Å². The van der Waals surface area contributed by atoms with Crippen LogP contribution >= 0.6 is 15.9 Å². The molecular formula is C14H12BrF3N2O2S. The Kier molecular flexibility index (Phi) is 5.02. The molecule has 0 fully saturated rings. The molecule has 0 unspecified atom stereocenters. The fourth-order valence-corrected chi connectivity index (χ4v) is 2.69. The highest BCUT2D eigenvalue weighted by atomic mass is 79.9. The molecule has 2 rings (SSSR count). The Morgan fingerprint density at radius 2 is 1.70 bits per heavy atom. The van der Waals surface area contributed by atoms with E-state index in [4.69, 9.17) is 5.14 Å². The van der Waals surface area contributed by atoms with E-state index in [0.29, 0.717) is 6.07 Å². The van der Waals surface area contributed by atoms with Crippen molar-refractivity contribution in [2.24, 2.45) is 5.14 Å². The monoisotopic (exact) mass is 408 g/mol. The summed E-state index contributed by atoms with van der Waals surface area (Å²) in [6.45, 7) is 0.158. The van der Waals surface area contributed by atoms with Crippen LogP contribution < -0.4 is 10.5 Å². The number of benzene rings is 2. The van der Waals surface area contributed by atoms with Crippen molar-refractivity contribution in [2.45, 2.75) is 17.6 Å². The van der Waals surface area contributed by atoms with Gasteiger partial charge in [-0.3, -0.25) is 0 Å². The van der Waals surface area contributed by atoms with Gasteiger partial charge in [0.25, 0.3) is 0 Å². The Balaban J connectivity index is 2.32. The Bertz CT molecular complexity index is 806. The van der Waals surface area contributed by atoms with Crippen LogP contribution in [0.15, 0.2) is 51.8 Å². The zero-order chi connectivity index (χ0) is 17.3. The van der Waals surface area contributed by atoms with Gasteiger partial charge < -0.3 is 5.32 Å². The standard InChI is InChI=1S/C14H12BrF3N2O2S/c15-10-3-1-9(2-4-10)8-20-13-6-5-11(23(19,21)22)7-12(13)14(16,17)18/h1-7,20H,8H2,(H2,19,21,22). The van der Waals surface area contributed by atoms with Gasteiger partial charge in [0.05, 0.1) is 10.5 Å². The quantitative estimate of drug-likeness (QED) is 0.809. The van der Waals surface area contributed by atoms with Crippen molar-refractivity contribution >= 4 is 31.6 Å². The van der Waals surface area contributed by atoms with Crippen molar-refractivity contribution in [3.8, 4) is 0 Å². The molecule has 2 aromatic carbocycles. The Labute approximate surface area is 139 Å². The molecule has 0 aliphatic heterocycles. The summed E-state index contributed by atoms with van der Waals surface area (Å²) in [4.78, 5) is -0.584. The summed E-state index contributed by atoms with van der Waals surface area (Å²) in [5.74, 6) is 0. The zero-order valence-electron chi connectivity index (χ0n) is 11.6. The first-order valence-electron chi connectivity index (χ1n) is 6.30. The van der Waals surface area contributed by atoms with E-state index in [1.165, 1.54) is 0 Å². The molecule has 0 heterocycles. The molecule has 0 atom stereocenters. The highest BCUT2D eigenvalue weighted by Gasteiger charge is 2.34. The smallest absolute Gasteiger partial charge is 0.380 e. The number of alkyl halides is 3. The van der Waals surface area contributed by atoms with Gasteiger partial charge in [-0.2, -0.15) is 13.2 Å². The molecule has 23 heavy (non-hydrogen) atoms. The van der Waals surface area contributed by atoms with Gasteiger partial charge in [0.1, 0.15) is 0 Å². The Morgan fingerprint density at radius 3 is 2.22 bits per heavy atom. The lowest BCUT2D eigenvalue weighted by atomic mass is 10.1. The number of nitrogens with one attached hydrogen (secondary N) is 1. The molecule has 0 radical (unpaired) electrons. The van der Waals surface area contributed by atoms with E-state index < -0.39 is 26.7 Å². The summed E-state index contributed by atoms with van der Waals surface area (Å²) in [7, 11) is -4.21. The summed E-state index contributed by atoms with van der Waals surface area (Å²) in [6.07, 6.45) is -4.71. The number of anilines is 1. The lowest BCUT2D eigenvalue weighted by Crippen LogP contribution is -2.16.